The zero-order valence-corrected chi connectivity index (χ0v) is 14.1. The Bertz CT molecular complexity index is 1020. The van der Waals surface area contributed by atoms with E-state index in [1.807, 2.05) is 0 Å². The fraction of sp³-hybridized carbons (Fsp3) is 0.211. The predicted molar refractivity (Wildman–Crippen MR) is 93.6 cm³/mol. The van der Waals surface area contributed by atoms with Gasteiger partial charge in [0.15, 0.2) is 0 Å². The lowest BCUT2D eigenvalue weighted by molar-refractivity contribution is -0.121. The van der Waals surface area contributed by atoms with Gasteiger partial charge in [0, 0.05) is 12.5 Å². The molecular weight excluding hydrogens is 340 g/mol. The second-order valence-corrected chi connectivity index (χ2v) is 6.08. The Morgan fingerprint density at radius 3 is 2.77 bits per heavy atom. The van der Waals surface area contributed by atoms with Crippen LogP contribution in [0.15, 0.2) is 47.3 Å². The number of rotatable bonds is 5. The van der Waals surface area contributed by atoms with E-state index in [-0.39, 0.29) is 30.0 Å². The maximum absolute atomic E-state index is 13.8. The van der Waals surface area contributed by atoms with Gasteiger partial charge in [0.05, 0.1) is 17.4 Å². The van der Waals surface area contributed by atoms with E-state index in [9.17, 15) is 18.4 Å². The van der Waals surface area contributed by atoms with E-state index in [0.717, 1.165) is 12.1 Å². The van der Waals surface area contributed by atoms with Crippen LogP contribution in [0.2, 0.25) is 0 Å². The molecule has 2 aromatic carbocycles. The van der Waals surface area contributed by atoms with Crippen molar-refractivity contribution in [3.8, 4) is 0 Å². The molecule has 3 aromatic rings. The van der Waals surface area contributed by atoms with Gasteiger partial charge in [0.1, 0.15) is 17.5 Å². The highest BCUT2D eigenvalue weighted by Gasteiger charge is 2.16. The summed E-state index contributed by atoms with van der Waals surface area (Å²) in [6.45, 7) is 1.74. The van der Waals surface area contributed by atoms with Crippen LogP contribution in [0.4, 0.5) is 8.78 Å². The number of aromatic amines is 1. The minimum absolute atomic E-state index is 0.0281. The molecule has 7 heteroatoms. The van der Waals surface area contributed by atoms with Gasteiger partial charge in [-0.1, -0.05) is 25.1 Å². The quantitative estimate of drug-likeness (QED) is 0.737. The van der Waals surface area contributed by atoms with Crippen LogP contribution < -0.4 is 10.9 Å². The largest absolute Gasteiger partial charge is 0.349 e. The summed E-state index contributed by atoms with van der Waals surface area (Å²) in [4.78, 5) is 31.0. The Labute approximate surface area is 148 Å². The normalized spacial score (nSPS) is 12.1. The SMILES string of the molecule is CC(CC(=O)NCc1nc2ccccc2c(=O)[nH]1)c1ccc(F)cc1F. The van der Waals surface area contributed by atoms with Crippen LogP contribution in [0, 0.1) is 11.6 Å². The first-order chi connectivity index (χ1) is 12.4. The van der Waals surface area contributed by atoms with E-state index in [1.54, 1.807) is 31.2 Å². The molecule has 0 bridgehead atoms. The number of carbonyl (C=O) groups excluding carboxylic acids is 1. The van der Waals surface area contributed by atoms with E-state index in [2.05, 4.69) is 15.3 Å². The number of nitrogens with one attached hydrogen (secondary N) is 2. The summed E-state index contributed by atoms with van der Waals surface area (Å²) in [6, 6.07) is 10.2. The second-order valence-electron chi connectivity index (χ2n) is 6.08. The zero-order chi connectivity index (χ0) is 18.7. The van der Waals surface area contributed by atoms with Gasteiger partial charge in [-0.05, 0) is 29.7 Å². The Morgan fingerprint density at radius 1 is 1.23 bits per heavy atom. The fourth-order valence-corrected chi connectivity index (χ4v) is 2.76. The maximum atomic E-state index is 13.8. The zero-order valence-electron chi connectivity index (χ0n) is 14.1. The van der Waals surface area contributed by atoms with Gasteiger partial charge in [0.2, 0.25) is 5.91 Å². The van der Waals surface area contributed by atoms with E-state index >= 15 is 0 Å². The third kappa shape index (κ3) is 3.93. The molecule has 1 atom stereocenters. The Hall–Kier alpha value is -3.09. The van der Waals surface area contributed by atoms with Crippen LogP contribution in [-0.2, 0) is 11.3 Å². The highest BCUT2D eigenvalue weighted by atomic mass is 19.1. The van der Waals surface area contributed by atoms with E-state index in [0.29, 0.717) is 16.7 Å². The van der Waals surface area contributed by atoms with Crippen molar-refractivity contribution in [2.24, 2.45) is 0 Å². The van der Waals surface area contributed by atoms with Crippen molar-refractivity contribution in [3.05, 3.63) is 75.8 Å². The summed E-state index contributed by atoms with van der Waals surface area (Å²) >= 11 is 0. The van der Waals surface area contributed by atoms with Crippen molar-refractivity contribution in [2.75, 3.05) is 0 Å². The van der Waals surface area contributed by atoms with Crippen molar-refractivity contribution >= 4 is 16.8 Å². The summed E-state index contributed by atoms with van der Waals surface area (Å²) in [6.07, 6.45) is 0.0281. The molecule has 26 heavy (non-hydrogen) atoms. The van der Waals surface area contributed by atoms with Crippen molar-refractivity contribution < 1.29 is 13.6 Å². The summed E-state index contributed by atoms with van der Waals surface area (Å²) < 4.78 is 26.7. The van der Waals surface area contributed by atoms with Gasteiger partial charge < -0.3 is 10.3 Å². The minimum Gasteiger partial charge on any atom is -0.349 e. The molecule has 1 heterocycles. The van der Waals surface area contributed by atoms with Crippen molar-refractivity contribution in [1.29, 1.82) is 0 Å². The second kappa shape index (κ2) is 7.43. The standard InChI is InChI=1S/C19H17F2N3O2/c1-11(13-7-6-12(20)9-15(13)21)8-18(25)22-10-17-23-16-5-3-2-4-14(16)19(26)24-17/h2-7,9,11H,8,10H2,1H3,(H,22,25)(H,23,24,26). The first kappa shape index (κ1) is 17.7. The number of nitrogens with zero attached hydrogens (tertiary/aromatic N) is 1. The number of amides is 1. The van der Waals surface area contributed by atoms with Gasteiger partial charge in [0.25, 0.3) is 5.56 Å². The highest BCUT2D eigenvalue weighted by Crippen LogP contribution is 2.22. The third-order valence-electron chi connectivity index (χ3n) is 4.10. The molecule has 0 aliphatic heterocycles. The molecule has 134 valence electrons. The molecule has 0 radical (unpaired) electrons. The Balaban J connectivity index is 1.64. The molecular formula is C19H17F2N3O2. The molecule has 0 aliphatic carbocycles. The molecule has 1 aromatic heterocycles. The first-order valence-corrected chi connectivity index (χ1v) is 8.13. The van der Waals surface area contributed by atoms with Crippen LogP contribution in [0.5, 0.6) is 0 Å². The highest BCUT2D eigenvalue weighted by molar-refractivity contribution is 5.78. The topological polar surface area (TPSA) is 74.8 Å². The van der Waals surface area contributed by atoms with Crippen LogP contribution in [0.1, 0.15) is 30.7 Å². The number of halogens is 2. The van der Waals surface area contributed by atoms with Crippen LogP contribution >= 0.6 is 0 Å². The van der Waals surface area contributed by atoms with Crippen molar-refractivity contribution in [3.63, 3.8) is 0 Å². The number of carbonyl (C=O) groups is 1. The number of benzene rings is 2. The molecule has 0 fully saturated rings. The van der Waals surface area contributed by atoms with E-state index in [1.165, 1.54) is 6.07 Å². The van der Waals surface area contributed by atoms with Crippen molar-refractivity contribution in [2.45, 2.75) is 25.8 Å². The molecule has 3 rings (SSSR count). The van der Waals surface area contributed by atoms with Crippen molar-refractivity contribution in [1.82, 2.24) is 15.3 Å². The van der Waals surface area contributed by atoms with Gasteiger partial charge in [-0.15, -0.1) is 0 Å². The molecule has 1 amide bonds. The van der Waals surface area contributed by atoms with E-state index in [4.69, 9.17) is 0 Å². The van der Waals surface area contributed by atoms with Crippen LogP contribution in [0.25, 0.3) is 10.9 Å². The number of H-pyrrole nitrogens is 1. The Kier molecular flexibility index (Phi) is 5.06. The molecule has 0 aliphatic rings. The average molecular weight is 357 g/mol. The molecule has 2 N–H and O–H groups in total. The number of fused-ring (bicyclic) bond motifs is 1. The molecule has 0 saturated heterocycles. The number of para-hydroxylation sites is 1. The van der Waals surface area contributed by atoms with Gasteiger partial charge in [-0.2, -0.15) is 0 Å². The fourth-order valence-electron chi connectivity index (χ4n) is 2.76. The average Bonchev–Trinajstić information content (AvgIpc) is 2.60. The number of hydrogen-bond acceptors (Lipinski definition) is 3. The minimum atomic E-state index is -0.675. The molecule has 0 spiro atoms. The lowest BCUT2D eigenvalue weighted by Gasteiger charge is -2.13. The predicted octanol–water partition coefficient (Wildman–Crippen LogP) is 3.01. The van der Waals surface area contributed by atoms with Gasteiger partial charge >= 0.3 is 0 Å². The van der Waals surface area contributed by atoms with Gasteiger partial charge in [-0.25, -0.2) is 13.8 Å². The maximum Gasteiger partial charge on any atom is 0.258 e. The lowest BCUT2D eigenvalue weighted by Crippen LogP contribution is -2.26. The number of aromatic nitrogens is 2. The summed E-state index contributed by atoms with van der Waals surface area (Å²) in [7, 11) is 0. The third-order valence-corrected chi connectivity index (χ3v) is 4.10. The van der Waals surface area contributed by atoms with Crippen LogP contribution in [-0.4, -0.2) is 15.9 Å². The molecule has 0 saturated carbocycles. The first-order valence-electron chi connectivity index (χ1n) is 8.13. The summed E-state index contributed by atoms with van der Waals surface area (Å²) in [5.41, 5.74) is 0.544. The monoisotopic (exact) mass is 357 g/mol. The summed E-state index contributed by atoms with van der Waals surface area (Å²) in [5.74, 6) is -1.74. The smallest absolute Gasteiger partial charge is 0.258 e. The van der Waals surface area contributed by atoms with E-state index < -0.39 is 17.6 Å². The summed E-state index contributed by atoms with van der Waals surface area (Å²) in [5, 5.41) is 3.13. The molecule has 1 unspecified atom stereocenters. The lowest BCUT2D eigenvalue weighted by atomic mass is 9.97. The van der Waals surface area contributed by atoms with Crippen LogP contribution in [0.3, 0.4) is 0 Å². The van der Waals surface area contributed by atoms with Gasteiger partial charge in [-0.3, -0.25) is 9.59 Å². The molecule has 5 nitrogen and oxygen atoms in total. The number of hydrogen-bond donors (Lipinski definition) is 2. The Morgan fingerprint density at radius 2 is 2.00 bits per heavy atom.